The zero-order chi connectivity index (χ0) is 15.5. The normalized spacial score (nSPS) is 12.4. The van der Waals surface area contributed by atoms with E-state index in [1.54, 1.807) is 14.2 Å². The molecule has 1 aromatic carbocycles. The Kier molecular flexibility index (Phi) is 9.06. The highest BCUT2D eigenvalue weighted by atomic mass is 16.5. The van der Waals surface area contributed by atoms with Crippen molar-refractivity contribution in [2.24, 2.45) is 0 Å². The van der Waals surface area contributed by atoms with E-state index in [1.807, 2.05) is 0 Å². The van der Waals surface area contributed by atoms with Gasteiger partial charge < -0.3 is 19.7 Å². The van der Waals surface area contributed by atoms with Gasteiger partial charge in [-0.2, -0.15) is 0 Å². The number of methoxy groups -OCH3 is 2. The molecule has 4 heteroatoms. The molecule has 0 aliphatic heterocycles. The van der Waals surface area contributed by atoms with E-state index in [9.17, 15) is 0 Å². The Morgan fingerprint density at radius 1 is 1.05 bits per heavy atom. The maximum atomic E-state index is 5.25. The van der Waals surface area contributed by atoms with Crippen LogP contribution in [0.15, 0.2) is 24.3 Å². The highest BCUT2D eigenvalue weighted by molar-refractivity contribution is 5.55. The minimum atomic E-state index is 0.388. The summed E-state index contributed by atoms with van der Waals surface area (Å²) in [6.07, 6.45) is 1.08. The Balaban J connectivity index is 2.99. The van der Waals surface area contributed by atoms with E-state index in [4.69, 9.17) is 9.47 Å². The van der Waals surface area contributed by atoms with Crippen LogP contribution in [-0.2, 0) is 9.47 Å². The minimum Gasteiger partial charge on any atom is -0.383 e. The number of nitrogens with zero attached hydrogens (tertiary/aromatic N) is 1. The largest absolute Gasteiger partial charge is 0.383 e. The lowest BCUT2D eigenvalue weighted by Crippen LogP contribution is -2.32. The monoisotopic (exact) mass is 294 g/mol. The van der Waals surface area contributed by atoms with E-state index >= 15 is 0 Å². The van der Waals surface area contributed by atoms with Gasteiger partial charge in [0.15, 0.2) is 0 Å². The molecule has 0 radical (unpaired) electrons. The van der Waals surface area contributed by atoms with Gasteiger partial charge >= 0.3 is 0 Å². The van der Waals surface area contributed by atoms with Crippen LogP contribution in [0.5, 0.6) is 0 Å². The number of rotatable bonds is 11. The van der Waals surface area contributed by atoms with Gasteiger partial charge in [0.2, 0.25) is 0 Å². The second-order valence-electron chi connectivity index (χ2n) is 5.05. The molecule has 1 aromatic rings. The van der Waals surface area contributed by atoms with Gasteiger partial charge in [0, 0.05) is 39.0 Å². The standard InChI is InChI=1S/C17H30N2O2/c1-5-16(18-6-2)15-9-7-8-10-17(15)19(11-13-20-3)12-14-21-4/h7-10,16,18H,5-6,11-14H2,1-4H3. The molecule has 0 aliphatic carbocycles. The highest BCUT2D eigenvalue weighted by Crippen LogP contribution is 2.28. The Morgan fingerprint density at radius 3 is 2.19 bits per heavy atom. The van der Waals surface area contributed by atoms with Gasteiger partial charge in [-0.3, -0.25) is 0 Å². The van der Waals surface area contributed by atoms with Crippen LogP contribution in [0.1, 0.15) is 31.9 Å². The number of anilines is 1. The third kappa shape index (κ3) is 5.65. The maximum Gasteiger partial charge on any atom is 0.0637 e. The number of benzene rings is 1. The zero-order valence-corrected chi connectivity index (χ0v) is 13.9. The molecule has 0 spiro atoms. The van der Waals surface area contributed by atoms with Crippen molar-refractivity contribution in [2.45, 2.75) is 26.3 Å². The molecule has 1 unspecified atom stereocenters. The van der Waals surface area contributed by atoms with Crippen LogP contribution in [0, 0.1) is 0 Å². The fourth-order valence-electron chi connectivity index (χ4n) is 2.55. The van der Waals surface area contributed by atoms with Gasteiger partial charge in [0.25, 0.3) is 0 Å². The Bertz CT molecular complexity index is 377. The molecular weight excluding hydrogens is 264 g/mol. The number of para-hydroxylation sites is 1. The van der Waals surface area contributed by atoms with E-state index in [-0.39, 0.29) is 0 Å². The smallest absolute Gasteiger partial charge is 0.0637 e. The molecule has 0 aliphatic rings. The molecule has 0 saturated carbocycles. The first-order chi connectivity index (χ1) is 10.3. The van der Waals surface area contributed by atoms with Crippen molar-refractivity contribution in [3.63, 3.8) is 0 Å². The van der Waals surface area contributed by atoms with Crippen molar-refractivity contribution < 1.29 is 9.47 Å². The predicted molar refractivity (Wildman–Crippen MR) is 89.1 cm³/mol. The molecule has 0 bridgehead atoms. The average Bonchev–Trinajstić information content (AvgIpc) is 2.53. The van der Waals surface area contributed by atoms with Gasteiger partial charge in [0.1, 0.15) is 0 Å². The SMILES string of the molecule is CCNC(CC)c1ccccc1N(CCOC)CCOC. The van der Waals surface area contributed by atoms with Gasteiger partial charge in [-0.25, -0.2) is 0 Å². The summed E-state index contributed by atoms with van der Waals surface area (Å²) in [4.78, 5) is 2.35. The first kappa shape index (κ1) is 18.0. The van der Waals surface area contributed by atoms with Gasteiger partial charge in [0.05, 0.1) is 13.2 Å². The van der Waals surface area contributed by atoms with Gasteiger partial charge in [-0.15, -0.1) is 0 Å². The first-order valence-electron chi connectivity index (χ1n) is 7.83. The van der Waals surface area contributed by atoms with Crippen molar-refractivity contribution in [1.82, 2.24) is 5.32 Å². The topological polar surface area (TPSA) is 33.7 Å². The molecular formula is C17H30N2O2. The second-order valence-corrected chi connectivity index (χ2v) is 5.05. The third-order valence-corrected chi connectivity index (χ3v) is 3.64. The quantitative estimate of drug-likeness (QED) is 0.680. The fourth-order valence-corrected chi connectivity index (χ4v) is 2.55. The zero-order valence-electron chi connectivity index (χ0n) is 13.9. The molecule has 4 nitrogen and oxygen atoms in total. The van der Waals surface area contributed by atoms with E-state index in [1.165, 1.54) is 11.3 Å². The minimum absolute atomic E-state index is 0.388. The second kappa shape index (κ2) is 10.6. The Hall–Kier alpha value is -1.10. The van der Waals surface area contributed by atoms with E-state index < -0.39 is 0 Å². The van der Waals surface area contributed by atoms with Crippen LogP contribution in [0.3, 0.4) is 0 Å². The summed E-state index contributed by atoms with van der Waals surface area (Å²) in [5.74, 6) is 0. The summed E-state index contributed by atoms with van der Waals surface area (Å²) in [5, 5.41) is 3.57. The van der Waals surface area contributed by atoms with E-state index in [0.717, 1.165) is 39.3 Å². The predicted octanol–water partition coefficient (Wildman–Crippen LogP) is 2.85. The Labute approximate surface area is 129 Å². The Morgan fingerprint density at radius 2 is 1.67 bits per heavy atom. The molecule has 1 N–H and O–H groups in total. The third-order valence-electron chi connectivity index (χ3n) is 3.64. The number of ether oxygens (including phenoxy) is 2. The highest BCUT2D eigenvalue weighted by Gasteiger charge is 2.16. The molecule has 0 fully saturated rings. The van der Waals surface area contributed by atoms with Crippen LogP contribution in [-0.4, -0.2) is 47.1 Å². The fraction of sp³-hybridized carbons (Fsp3) is 0.647. The molecule has 0 amide bonds. The number of nitrogens with one attached hydrogen (secondary N) is 1. The van der Waals surface area contributed by atoms with Crippen molar-refractivity contribution in [3.8, 4) is 0 Å². The van der Waals surface area contributed by atoms with Crippen LogP contribution < -0.4 is 10.2 Å². The summed E-state index contributed by atoms with van der Waals surface area (Å²) in [5.41, 5.74) is 2.63. The molecule has 0 aromatic heterocycles. The lowest BCUT2D eigenvalue weighted by Gasteiger charge is -2.29. The molecule has 0 saturated heterocycles. The average molecular weight is 294 g/mol. The van der Waals surface area contributed by atoms with Crippen LogP contribution in [0.4, 0.5) is 5.69 Å². The molecule has 21 heavy (non-hydrogen) atoms. The number of hydrogen-bond acceptors (Lipinski definition) is 4. The molecule has 120 valence electrons. The lowest BCUT2D eigenvalue weighted by molar-refractivity contribution is 0.190. The summed E-state index contributed by atoms with van der Waals surface area (Å²) in [6.45, 7) is 8.53. The van der Waals surface area contributed by atoms with Crippen LogP contribution >= 0.6 is 0 Å². The lowest BCUT2D eigenvalue weighted by atomic mass is 10.0. The molecule has 0 heterocycles. The van der Waals surface area contributed by atoms with E-state index in [2.05, 4.69) is 48.3 Å². The van der Waals surface area contributed by atoms with Gasteiger partial charge in [-0.05, 0) is 24.6 Å². The van der Waals surface area contributed by atoms with Crippen molar-refractivity contribution in [2.75, 3.05) is 52.0 Å². The molecule has 1 atom stereocenters. The maximum absolute atomic E-state index is 5.25. The summed E-state index contributed by atoms with van der Waals surface area (Å²) in [7, 11) is 3.49. The summed E-state index contributed by atoms with van der Waals surface area (Å²) in [6, 6.07) is 9.02. The van der Waals surface area contributed by atoms with Gasteiger partial charge in [-0.1, -0.05) is 32.0 Å². The summed E-state index contributed by atoms with van der Waals surface area (Å²) < 4.78 is 10.5. The van der Waals surface area contributed by atoms with Crippen molar-refractivity contribution in [3.05, 3.63) is 29.8 Å². The van der Waals surface area contributed by atoms with Crippen LogP contribution in [0.25, 0.3) is 0 Å². The molecule has 1 rings (SSSR count). The van der Waals surface area contributed by atoms with Crippen LogP contribution in [0.2, 0.25) is 0 Å². The van der Waals surface area contributed by atoms with Crippen molar-refractivity contribution >= 4 is 5.69 Å². The first-order valence-corrected chi connectivity index (χ1v) is 7.83. The summed E-state index contributed by atoms with van der Waals surface area (Å²) >= 11 is 0. The van der Waals surface area contributed by atoms with Crippen molar-refractivity contribution in [1.29, 1.82) is 0 Å². The number of hydrogen-bond donors (Lipinski definition) is 1. The van der Waals surface area contributed by atoms with E-state index in [0.29, 0.717) is 6.04 Å².